The minimum absolute atomic E-state index is 0.0796. The number of carboxylic acids is 1. The number of unbranched alkanes of at least 4 members (excludes halogenated alkanes) is 2. The number of hydrogen-bond donors (Lipinski definition) is 2. The summed E-state index contributed by atoms with van der Waals surface area (Å²) in [4.78, 5) is 12.1. The van der Waals surface area contributed by atoms with E-state index in [9.17, 15) is 28.2 Å². The number of benzene rings is 1. The number of halogens is 3. The molecule has 1 aliphatic rings. The summed E-state index contributed by atoms with van der Waals surface area (Å²) in [6.07, 6.45) is 1.39. The third-order valence-electron chi connectivity index (χ3n) is 6.41. The van der Waals surface area contributed by atoms with Crippen molar-refractivity contribution in [3.8, 4) is 11.5 Å². The van der Waals surface area contributed by atoms with Gasteiger partial charge in [-0.2, -0.15) is 13.2 Å². The van der Waals surface area contributed by atoms with Gasteiger partial charge in [0, 0.05) is 11.5 Å². The van der Waals surface area contributed by atoms with Crippen LogP contribution in [0.3, 0.4) is 0 Å². The molecule has 2 atom stereocenters. The normalized spacial score (nSPS) is 19.2. The summed E-state index contributed by atoms with van der Waals surface area (Å²) in [5, 5.41) is 21.1. The average Bonchev–Trinajstić information content (AvgIpc) is 2.66. The van der Waals surface area contributed by atoms with Crippen molar-refractivity contribution in [3.05, 3.63) is 46.6 Å². The topological polar surface area (TPSA) is 66.8 Å². The number of carboxylic acid groups (broad SMARTS) is 1. The molecule has 184 valence electrons. The first-order valence-corrected chi connectivity index (χ1v) is 11.4. The van der Waals surface area contributed by atoms with Gasteiger partial charge in [-0.3, -0.25) is 0 Å². The Morgan fingerprint density at radius 2 is 1.91 bits per heavy atom. The molecule has 0 amide bonds. The molecule has 7 heteroatoms. The van der Waals surface area contributed by atoms with Gasteiger partial charge >= 0.3 is 12.1 Å². The second kappa shape index (κ2) is 10.2. The number of rotatable bonds is 9. The molecule has 4 nitrogen and oxygen atoms in total. The number of phenols is 1. The maximum Gasteiger partial charge on any atom is 0.427 e. The highest BCUT2D eigenvalue weighted by Crippen LogP contribution is 2.50. The number of alkyl halides is 3. The fourth-order valence-electron chi connectivity index (χ4n) is 4.36. The molecule has 0 aromatic heterocycles. The number of aromatic carboxylic acids is 1. The standard InChI is InChI=1S/C26H35F3O4/c1-7-8-9-10-17-14-20(33-25(5,6)26(27,28)29)22(23(30)21(17)24(31)32)19-13-16(4)11-12-18(19)15(2)3/h13-14,18-19,30H,2,7-12H2,1,3-6H3,(H,31,32). The summed E-state index contributed by atoms with van der Waals surface area (Å²) < 4.78 is 46.7. The lowest BCUT2D eigenvalue weighted by molar-refractivity contribution is -0.234. The van der Waals surface area contributed by atoms with Crippen LogP contribution in [0.5, 0.6) is 11.5 Å². The summed E-state index contributed by atoms with van der Waals surface area (Å²) in [5.74, 6) is -2.67. The van der Waals surface area contributed by atoms with E-state index in [1.165, 1.54) is 6.07 Å². The molecule has 0 heterocycles. The third kappa shape index (κ3) is 5.92. The number of carbonyl (C=O) groups is 1. The number of aryl methyl sites for hydroxylation is 1. The Hall–Kier alpha value is -2.44. The van der Waals surface area contributed by atoms with Crippen molar-refractivity contribution in [1.29, 1.82) is 0 Å². The van der Waals surface area contributed by atoms with E-state index in [1.807, 2.05) is 26.8 Å². The van der Waals surface area contributed by atoms with E-state index >= 15 is 0 Å². The highest BCUT2D eigenvalue weighted by atomic mass is 19.4. The molecular weight excluding hydrogens is 433 g/mol. The van der Waals surface area contributed by atoms with E-state index in [0.29, 0.717) is 19.3 Å². The predicted molar refractivity (Wildman–Crippen MR) is 123 cm³/mol. The van der Waals surface area contributed by atoms with Crippen molar-refractivity contribution >= 4 is 5.97 Å². The number of hydrogen-bond acceptors (Lipinski definition) is 3. The fourth-order valence-corrected chi connectivity index (χ4v) is 4.36. The Morgan fingerprint density at radius 1 is 1.27 bits per heavy atom. The van der Waals surface area contributed by atoms with Gasteiger partial charge in [-0.1, -0.05) is 43.6 Å². The Kier molecular flexibility index (Phi) is 8.31. The summed E-state index contributed by atoms with van der Waals surface area (Å²) in [5.41, 5.74) is -0.624. The van der Waals surface area contributed by atoms with Crippen LogP contribution in [0.1, 0.15) is 94.1 Å². The summed E-state index contributed by atoms with van der Waals surface area (Å²) >= 11 is 0. The third-order valence-corrected chi connectivity index (χ3v) is 6.41. The first-order chi connectivity index (χ1) is 15.2. The van der Waals surface area contributed by atoms with Crippen LogP contribution in [0.15, 0.2) is 29.9 Å². The SMILES string of the molecule is C=C(C)C1CCC(C)=CC1c1c(OC(C)(C)C(F)(F)F)cc(CCCCC)c(C(=O)O)c1O. The van der Waals surface area contributed by atoms with E-state index in [1.54, 1.807) is 0 Å². The van der Waals surface area contributed by atoms with Gasteiger partial charge in [0.2, 0.25) is 0 Å². The predicted octanol–water partition coefficient (Wildman–Crippen LogP) is 7.56. The van der Waals surface area contributed by atoms with Gasteiger partial charge in [0.25, 0.3) is 0 Å². The zero-order valence-electron chi connectivity index (χ0n) is 20.1. The molecule has 2 unspecified atom stereocenters. The number of allylic oxidation sites excluding steroid dienone is 3. The van der Waals surface area contributed by atoms with Crippen molar-refractivity contribution in [2.45, 2.75) is 90.8 Å². The zero-order valence-corrected chi connectivity index (χ0v) is 20.1. The minimum Gasteiger partial charge on any atom is -0.507 e. The van der Waals surface area contributed by atoms with Gasteiger partial charge in [-0.05, 0) is 70.9 Å². The smallest absolute Gasteiger partial charge is 0.427 e. The Morgan fingerprint density at radius 3 is 2.42 bits per heavy atom. The summed E-state index contributed by atoms with van der Waals surface area (Å²) in [6.45, 7) is 11.6. The Bertz CT molecular complexity index is 928. The summed E-state index contributed by atoms with van der Waals surface area (Å²) in [6, 6.07) is 1.38. The fraction of sp³-hybridized carbons (Fsp3) is 0.577. The van der Waals surface area contributed by atoms with E-state index in [4.69, 9.17) is 4.74 Å². The maximum absolute atomic E-state index is 13.7. The molecule has 0 aliphatic heterocycles. The lowest BCUT2D eigenvalue weighted by Gasteiger charge is -2.35. The van der Waals surface area contributed by atoms with E-state index in [2.05, 4.69) is 6.58 Å². The van der Waals surface area contributed by atoms with Gasteiger partial charge in [0.05, 0.1) is 0 Å². The monoisotopic (exact) mass is 468 g/mol. The second-order valence-electron chi connectivity index (χ2n) is 9.57. The molecule has 0 spiro atoms. The average molecular weight is 469 g/mol. The molecule has 0 bridgehead atoms. The van der Waals surface area contributed by atoms with Gasteiger partial charge < -0.3 is 14.9 Å². The van der Waals surface area contributed by atoms with Crippen LogP contribution >= 0.6 is 0 Å². The van der Waals surface area contributed by atoms with Gasteiger partial charge in [-0.15, -0.1) is 0 Å². The molecular formula is C26H35F3O4. The van der Waals surface area contributed by atoms with E-state index < -0.39 is 29.4 Å². The molecule has 1 aromatic rings. The van der Waals surface area contributed by atoms with Crippen molar-refractivity contribution in [3.63, 3.8) is 0 Å². The quantitative estimate of drug-likeness (QED) is 0.290. The maximum atomic E-state index is 13.7. The van der Waals surface area contributed by atoms with Crippen molar-refractivity contribution < 1.29 is 32.9 Å². The van der Waals surface area contributed by atoms with Crippen LogP contribution in [0.2, 0.25) is 0 Å². The number of ether oxygens (including phenoxy) is 1. The molecule has 2 N–H and O–H groups in total. The first kappa shape index (κ1) is 26.8. The molecule has 0 saturated heterocycles. The molecule has 1 aliphatic carbocycles. The molecule has 2 rings (SSSR count). The Balaban J connectivity index is 2.81. The highest BCUT2D eigenvalue weighted by molar-refractivity contribution is 5.94. The lowest BCUT2D eigenvalue weighted by Crippen LogP contribution is -2.45. The van der Waals surface area contributed by atoms with Gasteiger partial charge in [-0.25, -0.2) is 4.79 Å². The first-order valence-electron chi connectivity index (χ1n) is 11.4. The highest BCUT2D eigenvalue weighted by Gasteiger charge is 2.50. The van der Waals surface area contributed by atoms with Crippen molar-refractivity contribution in [2.24, 2.45) is 5.92 Å². The van der Waals surface area contributed by atoms with Crippen molar-refractivity contribution in [1.82, 2.24) is 0 Å². The van der Waals surface area contributed by atoms with Crippen LogP contribution in [0.25, 0.3) is 0 Å². The second-order valence-corrected chi connectivity index (χ2v) is 9.57. The Labute approximate surface area is 194 Å². The van der Waals surface area contributed by atoms with Crippen LogP contribution in [0, 0.1) is 5.92 Å². The largest absolute Gasteiger partial charge is 0.507 e. The number of aromatic hydroxyl groups is 1. The van der Waals surface area contributed by atoms with Gasteiger partial charge in [0.15, 0.2) is 5.60 Å². The summed E-state index contributed by atoms with van der Waals surface area (Å²) in [7, 11) is 0. The molecule has 0 saturated carbocycles. The van der Waals surface area contributed by atoms with Crippen LogP contribution in [-0.2, 0) is 6.42 Å². The van der Waals surface area contributed by atoms with Crippen LogP contribution < -0.4 is 4.74 Å². The zero-order chi connectivity index (χ0) is 25.1. The molecule has 0 radical (unpaired) electrons. The van der Waals surface area contributed by atoms with Crippen LogP contribution in [0.4, 0.5) is 13.2 Å². The lowest BCUT2D eigenvalue weighted by atomic mass is 9.73. The van der Waals surface area contributed by atoms with Crippen LogP contribution in [-0.4, -0.2) is 28.0 Å². The van der Waals surface area contributed by atoms with E-state index in [0.717, 1.165) is 44.3 Å². The van der Waals surface area contributed by atoms with E-state index in [-0.39, 0.29) is 28.4 Å². The van der Waals surface area contributed by atoms with Crippen molar-refractivity contribution in [2.75, 3.05) is 0 Å². The molecule has 1 aromatic carbocycles. The minimum atomic E-state index is -4.67. The molecule has 33 heavy (non-hydrogen) atoms. The molecule has 0 fully saturated rings. The van der Waals surface area contributed by atoms with Gasteiger partial charge in [0.1, 0.15) is 17.1 Å².